The molecule has 1 amide bonds. The number of nitrogens with one attached hydrogen (secondary N) is 1. The minimum absolute atomic E-state index is 0.206. The Morgan fingerprint density at radius 3 is 2.73 bits per heavy atom. The van der Waals surface area contributed by atoms with Crippen LogP contribution in [-0.2, 0) is 10.5 Å². The van der Waals surface area contributed by atoms with E-state index >= 15 is 0 Å². The summed E-state index contributed by atoms with van der Waals surface area (Å²) in [5.74, 6) is 1.18. The topological polar surface area (TPSA) is 38.3 Å². The Morgan fingerprint density at radius 2 is 2.04 bits per heavy atom. The summed E-state index contributed by atoms with van der Waals surface area (Å²) in [4.78, 5) is 12.1. The minimum Gasteiger partial charge on any atom is -0.481 e. The van der Waals surface area contributed by atoms with E-state index in [4.69, 9.17) is 27.9 Å². The van der Waals surface area contributed by atoms with Crippen molar-refractivity contribution in [2.75, 3.05) is 12.3 Å². The van der Waals surface area contributed by atoms with Crippen molar-refractivity contribution in [2.24, 2.45) is 0 Å². The lowest BCUT2D eigenvalue weighted by Gasteiger charge is -2.15. The monoisotopic (exact) mass is 415 g/mol. The smallest absolute Gasteiger partial charge is 0.260 e. The minimum atomic E-state index is -0.624. The fourth-order valence-electron chi connectivity index (χ4n) is 2.18. The van der Waals surface area contributed by atoms with E-state index in [1.54, 1.807) is 37.3 Å². The van der Waals surface area contributed by atoms with E-state index in [0.29, 0.717) is 39.4 Å². The van der Waals surface area contributed by atoms with Crippen LogP contribution in [0, 0.1) is 12.7 Å². The third-order valence-corrected chi connectivity index (χ3v) is 5.43. The fraction of sp³-hybridized carbons (Fsp3) is 0.316. The first-order chi connectivity index (χ1) is 12.4. The Balaban J connectivity index is 1.71. The largest absolute Gasteiger partial charge is 0.481 e. The zero-order chi connectivity index (χ0) is 19.1. The quantitative estimate of drug-likeness (QED) is 0.597. The molecule has 0 aliphatic rings. The normalized spacial score (nSPS) is 11.9. The summed E-state index contributed by atoms with van der Waals surface area (Å²) in [6.45, 7) is 4.02. The number of hydrogen-bond donors (Lipinski definition) is 1. The van der Waals surface area contributed by atoms with Crippen LogP contribution in [0.1, 0.15) is 18.1 Å². The van der Waals surface area contributed by atoms with Crippen molar-refractivity contribution in [1.82, 2.24) is 5.32 Å². The first-order valence-corrected chi connectivity index (χ1v) is 10.0. The van der Waals surface area contributed by atoms with Gasteiger partial charge in [-0.1, -0.05) is 29.3 Å². The summed E-state index contributed by atoms with van der Waals surface area (Å²) in [5, 5.41) is 3.88. The summed E-state index contributed by atoms with van der Waals surface area (Å²) < 4.78 is 19.3. The predicted octanol–water partition coefficient (Wildman–Crippen LogP) is 5.26. The van der Waals surface area contributed by atoms with Crippen molar-refractivity contribution in [3.8, 4) is 5.75 Å². The predicted molar refractivity (Wildman–Crippen MR) is 107 cm³/mol. The molecule has 2 aromatic carbocycles. The van der Waals surface area contributed by atoms with Crippen LogP contribution >= 0.6 is 35.0 Å². The third kappa shape index (κ3) is 6.08. The van der Waals surface area contributed by atoms with Crippen LogP contribution in [0.25, 0.3) is 0 Å². The van der Waals surface area contributed by atoms with Crippen molar-refractivity contribution in [3.63, 3.8) is 0 Å². The second kappa shape index (κ2) is 10.0. The van der Waals surface area contributed by atoms with E-state index < -0.39 is 6.10 Å². The Hall–Kier alpha value is -1.43. The molecule has 0 aromatic heterocycles. The third-order valence-electron chi connectivity index (χ3n) is 3.67. The fourth-order valence-corrected chi connectivity index (χ4v) is 3.50. The van der Waals surface area contributed by atoms with Gasteiger partial charge in [0.25, 0.3) is 5.91 Å². The molecule has 7 heteroatoms. The molecule has 0 saturated carbocycles. The van der Waals surface area contributed by atoms with Crippen molar-refractivity contribution < 1.29 is 13.9 Å². The number of amides is 1. The number of aryl methyl sites for hydroxylation is 1. The van der Waals surface area contributed by atoms with Crippen LogP contribution in [0.2, 0.25) is 10.0 Å². The molecule has 2 rings (SSSR count). The van der Waals surface area contributed by atoms with Gasteiger partial charge in [0, 0.05) is 33.7 Å². The molecule has 26 heavy (non-hydrogen) atoms. The molecule has 0 radical (unpaired) electrons. The van der Waals surface area contributed by atoms with Crippen LogP contribution in [0.5, 0.6) is 5.75 Å². The number of hydrogen-bond acceptors (Lipinski definition) is 3. The number of benzene rings is 2. The Bertz CT molecular complexity index is 753. The maximum absolute atomic E-state index is 13.7. The standard InChI is InChI=1S/C19H20Cl2FNO2S/c1-12-10-14(6-7-16(12)20)25-13(2)19(24)23-8-9-26-11-15-17(21)4-3-5-18(15)22/h3-7,10,13H,8-9,11H2,1-2H3,(H,23,24)/t13-/m0/s1. The molecule has 1 atom stereocenters. The SMILES string of the molecule is Cc1cc(O[C@@H](C)C(=O)NCCSCc2c(F)cccc2Cl)ccc1Cl. The second-order valence-corrected chi connectivity index (χ2v) is 7.63. The van der Waals surface area contributed by atoms with Gasteiger partial charge in [0.2, 0.25) is 0 Å². The number of carbonyl (C=O) groups excluding carboxylic acids is 1. The summed E-state index contributed by atoms with van der Waals surface area (Å²) in [6, 6.07) is 9.89. The molecule has 0 unspecified atom stereocenters. The maximum atomic E-state index is 13.7. The van der Waals surface area contributed by atoms with Crippen LogP contribution in [0.15, 0.2) is 36.4 Å². The molecule has 0 bridgehead atoms. The van der Waals surface area contributed by atoms with Crippen molar-refractivity contribution in [3.05, 3.63) is 63.4 Å². The molecule has 2 aromatic rings. The summed E-state index contributed by atoms with van der Waals surface area (Å²) in [6.07, 6.45) is -0.624. The lowest BCUT2D eigenvalue weighted by molar-refractivity contribution is -0.127. The van der Waals surface area contributed by atoms with Crippen LogP contribution in [0.3, 0.4) is 0 Å². The van der Waals surface area contributed by atoms with Gasteiger partial charge >= 0.3 is 0 Å². The number of ether oxygens (including phenoxy) is 1. The van der Waals surface area contributed by atoms with Crippen LogP contribution in [-0.4, -0.2) is 24.3 Å². The van der Waals surface area contributed by atoms with Gasteiger partial charge in [-0.2, -0.15) is 11.8 Å². The highest BCUT2D eigenvalue weighted by Crippen LogP contribution is 2.24. The molecule has 0 heterocycles. The Morgan fingerprint density at radius 1 is 1.27 bits per heavy atom. The summed E-state index contributed by atoms with van der Waals surface area (Å²) in [7, 11) is 0. The average molecular weight is 416 g/mol. The highest BCUT2D eigenvalue weighted by Gasteiger charge is 2.14. The molecular weight excluding hydrogens is 396 g/mol. The van der Waals surface area contributed by atoms with E-state index in [2.05, 4.69) is 5.32 Å². The second-order valence-electron chi connectivity index (χ2n) is 5.71. The summed E-state index contributed by atoms with van der Waals surface area (Å²) >= 11 is 13.5. The average Bonchev–Trinajstić information content (AvgIpc) is 2.60. The van der Waals surface area contributed by atoms with Gasteiger partial charge in [0.1, 0.15) is 11.6 Å². The molecule has 0 fully saturated rings. The van der Waals surface area contributed by atoms with Gasteiger partial charge in [0.15, 0.2) is 6.10 Å². The molecule has 0 spiro atoms. The van der Waals surface area contributed by atoms with Crippen LogP contribution < -0.4 is 10.1 Å². The van der Waals surface area contributed by atoms with E-state index in [9.17, 15) is 9.18 Å². The highest BCUT2D eigenvalue weighted by atomic mass is 35.5. The molecule has 3 nitrogen and oxygen atoms in total. The number of halogens is 3. The molecule has 0 aliphatic heterocycles. The first-order valence-electron chi connectivity index (χ1n) is 8.09. The lowest BCUT2D eigenvalue weighted by Crippen LogP contribution is -2.37. The number of rotatable bonds is 8. The van der Waals surface area contributed by atoms with Gasteiger partial charge in [0.05, 0.1) is 0 Å². The Labute approximate surface area is 167 Å². The van der Waals surface area contributed by atoms with E-state index in [0.717, 1.165) is 5.56 Å². The van der Waals surface area contributed by atoms with Gasteiger partial charge in [-0.25, -0.2) is 4.39 Å². The van der Waals surface area contributed by atoms with Crippen molar-refractivity contribution in [2.45, 2.75) is 25.7 Å². The first kappa shape index (κ1) is 20.9. The number of thioether (sulfide) groups is 1. The molecule has 0 aliphatic carbocycles. The maximum Gasteiger partial charge on any atom is 0.260 e. The van der Waals surface area contributed by atoms with Gasteiger partial charge in [-0.05, 0) is 49.7 Å². The Kier molecular flexibility index (Phi) is 8.07. The van der Waals surface area contributed by atoms with E-state index in [-0.39, 0.29) is 11.7 Å². The lowest BCUT2D eigenvalue weighted by atomic mass is 10.2. The van der Waals surface area contributed by atoms with Crippen molar-refractivity contribution >= 4 is 40.9 Å². The van der Waals surface area contributed by atoms with Gasteiger partial charge in [-0.15, -0.1) is 0 Å². The molecule has 0 saturated heterocycles. The van der Waals surface area contributed by atoms with Gasteiger partial charge < -0.3 is 10.1 Å². The van der Waals surface area contributed by atoms with E-state index in [1.165, 1.54) is 17.8 Å². The summed E-state index contributed by atoms with van der Waals surface area (Å²) in [5.41, 5.74) is 1.38. The zero-order valence-electron chi connectivity index (χ0n) is 14.5. The molecular formula is C19H20Cl2FNO2S. The van der Waals surface area contributed by atoms with Crippen LogP contribution in [0.4, 0.5) is 4.39 Å². The van der Waals surface area contributed by atoms with Crippen molar-refractivity contribution in [1.29, 1.82) is 0 Å². The number of carbonyl (C=O) groups is 1. The van der Waals surface area contributed by atoms with E-state index in [1.807, 2.05) is 6.92 Å². The van der Waals surface area contributed by atoms with Gasteiger partial charge in [-0.3, -0.25) is 4.79 Å². The zero-order valence-corrected chi connectivity index (χ0v) is 16.8. The molecule has 140 valence electrons. The molecule has 1 N–H and O–H groups in total. The highest BCUT2D eigenvalue weighted by molar-refractivity contribution is 7.98.